The van der Waals surface area contributed by atoms with E-state index in [0.29, 0.717) is 16.3 Å². The van der Waals surface area contributed by atoms with Crippen molar-refractivity contribution in [3.63, 3.8) is 0 Å². The maximum absolute atomic E-state index is 13.0. The second kappa shape index (κ2) is 9.50. The van der Waals surface area contributed by atoms with Crippen LogP contribution in [0.25, 0.3) is 10.9 Å². The third kappa shape index (κ3) is 4.34. The van der Waals surface area contributed by atoms with E-state index in [1.165, 1.54) is 35.1 Å². The molecule has 1 aromatic carbocycles. The largest absolute Gasteiger partial charge is 0.494 e. The number of fused-ring (bicyclic) bond motifs is 2. The molecule has 1 aliphatic rings. The summed E-state index contributed by atoms with van der Waals surface area (Å²) in [5.41, 5.74) is 3.40. The van der Waals surface area contributed by atoms with E-state index in [1.807, 2.05) is 38.1 Å². The van der Waals surface area contributed by atoms with E-state index in [0.717, 1.165) is 52.7 Å². The summed E-state index contributed by atoms with van der Waals surface area (Å²) < 4.78 is 10.5. The molecule has 1 amide bonds. The number of thioether (sulfide) groups is 1. The van der Waals surface area contributed by atoms with Crippen LogP contribution in [0.1, 0.15) is 46.1 Å². The number of thiophene rings is 1. The monoisotopic (exact) mass is 470 g/mol. The fourth-order valence-electron chi connectivity index (χ4n) is 4.01. The molecular weight excluding hydrogens is 444 g/mol. The molecule has 2 aromatic heterocycles. The molecule has 32 heavy (non-hydrogen) atoms. The Labute approximate surface area is 195 Å². The minimum atomic E-state index is -0.404. The standard InChI is InChI=1S/C24H26N2O4S2/c1-13-12-19(25-21-15(13)9-7-10-17(21)29-3)31-14(2)22(27)26-23-20(24(28)30-4)16-8-5-6-11-18(16)32-23/h7,9-10,12,14H,5-6,8,11H2,1-4H3,(H,26,27). The average molecular weight is 471 g/mol. The Bertz CT molecular complexity index is 1190. The van der Waals surface area contributed by atoms with Crippen molar-refractivity contribution >= 4 is 50.9 Å². The van der Waals surface area contributed by atoms with E-state index in [2.05, 4.69) is 5.32 Å². The summed E-state index contributed by atoms with van der Waals surface area (Å²) in [5, 5.41) is 4.94. The Morgan fingerprint density at radius 3 is 2.75 bits per heavy atom. The van der Waals surface area contributed by atoms with Crippen molar-refractivity contribution < 1.29 is 19.1 Å². The Kier molecular flexibility index (Phi) is 6.71. The zero-order valence-electron chi connectivity index (χ0n) is 18.6. The highest BCUT2D eigenvalue weighted by Gasteiger charge is 2.28. The number of aryl methyl sites for hydroxylation is 2. The molecule has 0 spiro atoms. The lowest BCUT2D eigenvalue weighted by molar-refractivity contribution is -0.115. The number of benzene rings is 1. The average Bonchev–Trinajstić information content (AvgIpc) is 3.16. The van der Waals surface area contributed by atoms with Crippen molar-refractivity contribution in [2.45, 2.75) is 49.8 Å². The van der Waals surface area contributed by atoms with Crippen LogP contribution in [0.3, 0.4) is 0 Å². The van der Waals surface area contributed by atoms with Gasteiger partial charge in [0, 0.05) is 10.3 Å². The summed E-state index contributed by atoms with van der Waals surface area (Å²) in [4.78, 5) is 31.4. The van der Waals surface area contributed by atoms with Crippen LogP contribution in [0.2, 0.25) is 0 Å². The van der Waals surface area contributed by atoms with Crippen LogP contribution in [-0.4, -0.2) is 36.3 Å². The van der Waals surface area contributed by atoms with Gasteiger partial charge >= 0.3 is 5.97 Å². The van der Waals surface area contributed by atoms with Gasteiger partial charge in [-0.05, 0) is 62.8 Å². The highest BCUT2D eigenvalue weighted by molar-refractivity contribution is 8.00. The van der Waals surface area contributed by atoms with Gasteiger partial charge in [-0.1, -0.05) is 23.9 Å². The number of esters is 1. The predicted octanol–water partition coefficient (Wildman–Crippen LogP) is 5.40. The van der Waals surface area contributed by atoms with Crippen molar-refractivity contribution in [1.29, 1.82) is 0 Å². The number of carbonyl (C=O) groups excluding carboxylic acids is 2. The topological polar surface area (TPSA) is 77.5 Å². The third-order valence-corrected chi connectivity index (χ3v) is 7.90. The first kappa shape index (κ1) is 22.6. The van der Waals surface area contributed by atoms with Gasteiger partial charge in [-0.25, -0.2) is 9.78 Å². The van der Waals surface area contributed by atoms with Crippen molar-refractivity contribution in [3.8, 4) is 5.75 Å². The summed E-state index contributed by atoms with van der Waals surface area (Å²) >= 11 is 2.88. The number of aromatic nitrogens is 1. The number of amides is 1. The smallest absolute Gasteiger partial charge is 0.341 e. The Balaban J connectivity index is 1.57. The van der Waals surface area contributed by atoms with Crippen LogP contribution in [0, 0.1) is 6.92 Å². The minimum Gasteiger partial charge on any atom is -0.494 e. The molecule has 0 radical (unpaired) electrons. The molecule has 6 nitrogen and oxygen atoms in total. The first-order valence-corrected chi connectivity index (χ1v) is 12.3. The lowest BCUT2D eigenvalue weighted by Crippen LogP contribution is -2.23. The van der Waals surface area contributed by atoms with Crippen LogP contribution in [0.15, 0.2) is 29.3 Å². The maximum Gasteiger partial charge on any atom is 0.341 e. The SMILES string of the molecule is COC(=O)c1c(NC(=O)C(C)Sc2cc(C)c3cccc(OC)c3n2)sc2c1CCCC2. The minimum absolute atomic E-state index is 0.168. The Morgan fingerprint density at radius 2 is 2.00 bits per heavy atom. The first-order valence-electron chi connectivity index (χ1n) is 10.6. The van der Waals surface area contributed by atoms with E-state index in [9.17, 15) is 9.59 Å². The van der Waals surface area contributed by atoms with Crippen LogP contribution < -0.4 is 10.1 Å². The third-order valence-electron chi connectivity index (χ3n) is 5.67. The number of hydrogen-bond acceptors (Lipinski definition) is 7. The van der Waals surface area contributed by atoms with Gasteiger partial charge in [0.15, 0.2) is 0 Å². The van der Waals surface area contributed by atoms with E-state index in [4.69, 9.17) is 14.5 Å². The van der Waals surface area contributed by atoms with Gasteiger partial charge in [0.1, 0.15) is 16.3 Å². The second-order valence-electron chi connectivity index (χ2n) is 7.79. The number of pyridine rings is 1. The van der Waals surface area contributed by atoms with Crippen molar-refractivity contribution in [1.82, 2.24) is 4.98 Å². The molecule has 1 aliphatic carbocycles. The fraction of sp³-hybridized carbons (Fsp3) is 0.375. The van der Waals surface area contributed by atoms with Gasteiger partial charge < -0.3 is 14.8 Å². The predicted molar refractivity (Wildman–Crippen MR) is 129 cm³/mol. The summed E-state index contributed by atoms with van der Waals surface area (Å²) in [6.45, 7) is 3.87. The number of methoxy groups -OCH3 is 2. The molecule has 168 valence electrons. The fourth-order valence-corrected chi connectivity index (χ4v) is 6.20. The lowest BCUT2D eigenvalue weighted by Gasteiger charge is -2.14. The zero-order chi connectivity index (χ0) is 22.8. The molecule has 0 aliphatic heterocycles. The summed E-state index contributed by atoms with van der Waals surface area (Å²) in [6.07, 6.45) is 3.93. The second-order valence-corrected chi connectivity index (χ2v) is 10.3. The molecule has 0 fully saturated rings. The van der Waals surface area contributed by atoms with Gasteiger partial charge in [-0.15, -0.1) is 11.3 Å². The quantitative estimate of drug-likeness (QED) is 0.384. The van der Waals surface area contributed by atoms with E-state index < -0.39 is 5.25 Å². The van der Waals surface area contributed by atoms with Crippen LogP contribution in [-0.2, 0) is 22.4 Å². The van der Waals surface area contributed by atoms with Gasteiger partial charge in [0.2, 0.25) is 5.91 Å². The number of carbonyl (C=O) groups is 2. The molecule has 1 unspecified atom stereocenters. The molecule has 0 saturated carbocycles. The molecule has 3 aromatic rings. The Morgan fingerprint density at radius 1 is 1.22 bits per heavy atom. The number of nitrogens with one attached hydrogen (secondary N) is 1. The molecule has 2 heterocycles. The number of rotatable bonds is 6. The van der Waals surface area contributed by atoms with Gasteiger partial charge in [0.25, 0.3) is 0 Å². The number of hydrogen-bond donors (Lipinski definition) is 1. The lowest BCUT2D eigenvalue weighted by atomic mass is 9.95. The van der Waals surface area contributed by atoms with E-state index >= 15 is 0 Å². The number of ether oxygens (including phenoxy) is 2. The molecule has 4 rings (SSSR count). The van der Waals surface area contributed by atoms with E-state index in [-0.39, 0.29) is 11.9 Å². The molecule has 1 atom stereocenters. The number of nitrogens with zero attached hydrogens (tertiary/aromatic N) is 1. The van der Waals surface area contributed by atoms with Crippen molar-refractivity contribution in [2.75, 3.05) is 19.5 Å². The molecule has 0 bridgehead atoms. The normalized spacial score (nSPS) is 14.0. The molecular formula is C24H26N2O4S2. The highest BCUT2D eigenvalue weighted by atomic mass is 32.2. The molecule has 0 saturated heterocycles. The summed E-state index contributed by atoms with van der Waals surface area (Å²) in [5.74, 6) is 0.147. The summed E-state index contributed by atoms with van der Waals surface area (Å²) in [6, 6.07) is 7.82. The number of anilines is 1. The van der Waals surface area contributed by atoms with Gasteiger partial charge in [0.05, 0.1) is 30.1 Å². The van der Waals surface area contributed by atoms with Crippen LogP contribution in [0.4, 0.5) is 5.00 Å². The maximum atomic E-state index is 13.0. The van der Waals surface area contributed by atoms with Gasteiger partial charge in [-0.2, -0.15) is 0 Å². The highest BCUT2D eigenvalue weighted by Crippen LogP contribution is 2.39. The van der Waals surface area contributed by atoms with Crippen molar-refractivity contribution in [3.05, 3.63) is 45.8 Å². The summed E-state index contributed by atoms with van der Waals surface area (Å²) in [7, 11) is 3.00. The number of para-hydroxylation sites is 1. The van der Waals surface area contributed by atoms with Crippen LogP contribution >= 0.6 is 23.1 Å². The van der Waals surface area contributed by atoms with Crippen LogP contribution in [0.5, 0.6) is 5.75 Å². The molecule has 1 N–H and O–H groups in total. The van der Waals surface area contributed by atoms with Gasteiger partial charge in [-0.3, -0.25) is 4.79 Å². The van der Waals surface area contributed by atoms with Crippen molar-refractivity contribution in [2.24, 2.45) is 0 Å². The Hall–Kier alpha value is -2.58. The zero-order valence-corrected chi connectivity index (χ0v) is 20.2. The van der Waals surface area contributed by atoms with E-state index in [1.54, 1.807) is 7.11 Å². The first-order chi connectivity index (χ1) is 15.4. The molecule has 8 heteroatoms.